The number of esters is 1. The van der Waals surface area contributed by atoms with Gasteiger partial charge in [-0.2, -0.15) is 0 Å². The number of aromatic nitrogens is 1. The van der Waals surface area contributed by atoms with E-state index in [1.54, 1.807) is 24.3 Å². The van der Waals surface area contributed by atoms with Crippen molar-refractivity contribution in [3.05, 3.63) is 97.2 Å². The molecule has 0 radical (unpaired) electrons. The van der Waals surface area contributed by atoms with Crippen LogP contribution in [0.15, 0.2) is 53.4 Å². The fraction of sp³-hybridized carbons (Fsp3) is 0.192. The summed E-state index contributed by atoms with van der Waals surface area (Å²) in [5.74, 6) is -0.875. The van der Waals surface area contributed by atoms with E-state index in [0.29, 0.717) is 11.1 Å². The number of imide groups is 1. The number of ether oxygens (including phenoxy) is 1. The monoisotopic (exact) mass is 505 g/mol. The van der Waals surface area contributed by atoms with E-state index in [9.17, 15) is 24.5 Å². The quantitative estimate of drug-likeness (QED) is 0.193. The summed E-state index contributed by atoms with van der Waals surface area (Å²) in [7, 11) is 1.34. The van der Waals surface area contributed by atoms with Gasteiger partial charge in [0.1, 0.15) is 0 Å². The smallest absolute Gasteiger partial charge is 0.338 e. The molecule has 2 heterocycles. The minimum absolute atomic E-state index is 0.0533. The number of carbonyl (C=O) groups excluding carboxylic acids is 3. The Hall–Kier alpha value is -4.18. The highest BCUT2D eigenvalue weighted by Crippen LogP contribution is 2.35. The predicted octanol–water partition coefficient (Wildman–Crippen LogP) is 5.33. The van der Waals surface area contributed by atoms with E-state index in [-0.39, 0.29) is 17.1 Å². The van der Waals surface area contributed by atoms with Gasteiger partial charge in [-0.1, -0.05) is 18.2 Å². The van der Waals surface area contributed by atoms with Crippen molar-refractivity contribution in [1.82, 2.24) is 9.47 Å². The summed E-state index contributed by atoms with van der Waals surface area (Å²) in [5.41, 5.74) is 4.91. The van der Waals surface area contributed by atoms with Crippen LogP contribution in [-0.4, -0.2) is 38.6 Å². The molecule has 1 saturated heterocycles. The van der Waals surface area contributed by atoms with Crippen LogP contribution in [-0.2, 0) is 16.1 Å². The van der Waals surface area contributed by atoms with Crippen molar-refractivity contribution in [2.75, 3.05) is 7.11 Å². The maximum atomic E-state index is 13.0. The van der Waals surface area contributed by atoms with Crippen molar-refractivity contribution >= 4 is 40.6 Å². The highest BCUT2D eigenvalue weighted by Gasteiger charge is 2.35. The molecular formula is C26H23N3O6S. The molecule has 1 aromatic heterocycles. The van der Waals surface area contributed by atoms with Crippen molar-refractivity contribution in [2.45, 2.75) is 27.3 Å². The summed E-state index contributed by atoms with van der Waals surface area (Å²) in [6.07, 6.45) is 1.68. The summed E-state index contributed by atoms with van der Waals surface area (Å²) >= 11 is 0.833. The topological polar surface area (TPSA) is 112 Å². The van der Waals surface area contributed by atoms with Crippen molar-refractivity contribution < 1.29 is 24.0 Å². The van der Waals surface area contributed by atoms with Crippen LogP contribution in [0.5, 0.6) is 0 Å². The van der Waals surface area contributed by atoms with Gasteiger partial charge in [-0.15, -0.1) is 0 Å². The fourth-order valence-corrected chi connectivity index (χ4v) is 5.06. The second-order valence-electron chi connectivity index (χ2n) is 8.30. The number of hydrogen-bond donors (Lipinski definition) is 0. The number of aryl methyl sites for hydroxylation is 1. The molecule has 9 nitrogen and oxygen atoms in total. The van der Waals surface area contributed by atoms with Gasteiger partial charge in [-0.3, -0.25) is 24.6 Å². The number of hydrogen-bond acceptors (Lipinski definition) is 7. The second-order valence-corrected chi connectivity index (χ2v) is 9.29. The highest BCUT2D eigenvalue weighted by atomic mass is 32.2. The van der Waals surface area contributed by atoms with E-state index < -0.39 is 22.0 Å². The molecule has 184 valence electrons. The van der Waals surface area contributed by atoms with Crippen molar-refractivity contribution in [3.8, 4) is 5.69 Å². The van der Waals surface area contributed by atoms with Gasteiger partial charge in [0.15, 0.2) is 0 Å². The molecule has 0 saturated carbocycles. The molecule has 1 fully saturated rings. The van der Waals surface area contributed by atoms with E-state index in [1.165, 1.54) is 25.3 Å². The first-order valence-corrected chi connectivity index (χ1v) is 11.8. The zero-order valence-corrected chi connectivity index (χ0v) is 20.9. The van der Waals surface area contributed by atoms with Crippen LogP contribution < -0.4 is 0 Å². The summed E-state index contributed by atoms with van der Waals surface area (Å²) in [4.78, 5) is 49.7. The molecule has 0 N–H and O–H groups in total. The van der Waals surface area contributed by atoms with Crippen molar-refractivity contribution in [1.29, 1.82) is 0 Å². The number of carbonyl (C=O) groups is 3. The molecule has 0 bridgehead atoms. The van der Waals surface area contributed by atoms with E-state index >= 15 is 0 Å². The van der Waals surface area contributed by atoms with E-state index in [2.05, 4.69) is 0 Å². The lowest BCUT2D eigenvalue weighted by Gasteiger charge is -2.15. The van der Waals surface area contributed by atoms with Crippen LogP contribution in [0, 0.1) is 30.9 Å². The number of non-ortho nitro benzene ring substituents is 1. The predicted molar refractivity (Wildman–Crippen MR) is 136 cm³/mol. The van der Waals surface area contributed by atoms with Crippen molar-refractivity contribution in [2.24, 2.45) is 0 Å². The Morgan fingerprint density at radius 1 is 1.11 bits per heavy atom. The molecule has 36 heavy (non-hydrogen) atoms. The maximum Gasteiger partial charge on any atom is 0.338 e. The third-order valence-electron chi connectivity index (χ3n) is 6.04. The van der Waals surface area contributed by atoms with Crippen LogP contribution in [0.3, 0.4) is 0 Å². The minimum atomic E-state index is -0.518. The number of nitrogens with zero attached hydrogens (tertiary/aromatic N) is 3. The number of thioether (sulfide) groups is 1. The lowest BCUT2D eigenvalue weighted by atomic mass is 10.1. The SMILES string of the molecule is COC(=O)c1cccc(-n2c(C)cc(/C=C3/SC(=O)N(Cc4cccc([N+](=O)[O-])c4)C3=O)c2C)c1C. The van der Waals surface area contributed by atoms with Gasteiger partial charge in [0.2, 0.25) is 0 Å². The zero-order valence-electron chi connectivity index (χ0n) is 20.1. The van der Waals surface area contributed by atoms with E-state index in [1.807, 2.05) is 37.5 Å². The number of methoxy groups -OCH3 is 1. The molecule has 1 aliphatic heterocycles. The standard InChI is InChI=1S/C26H23N3O6S/c1-15-11-19(17(3)28(15)22-10-6-9-21(16(22)2)25(31)35-4)13-23-24(30)27(26(32)36-23)14-18-7-5-8-20(12-18)29(33)34/h5-13H,14H2,1-4H3/b23-13+. The Morgan fingerprint density at radius 2 is 1.83 bits per heavy atom. The summed E-state index contributed by atoms with van der Waals surface area (Å²) in [5, 5.41) is 10.6. The van der Waals surface area contributed by atoms with Crippen LogP contribution in [0.4, 0.5) is 10.5 Å². The highest BCUT2D eigenvalue weighted by molar-refractivity contribution is 8.18. The molecule has 0 spiro atoms. The fourth-order valence-electron chi connectivity index (χ4n) is 4.23. The lowest BCUT2D eigenvalue weighted by molar-refractivity contribution is -0.384. The van der Waals surface area contributed by atoms with Crippen LogP contribution >= 0.6 is 11.8 Å². The first-order valence-electron chi connectivity index (χ1n) is 11.0. The van der Waals surface area contributed by atoms with Gasteiger partial charge in [0.05, 0.1) is 29.0 Å². The third-order valence-corrected chi connectivity index (χ3v) is 6.95. The summed E-state index contributed by atoms with van der Waals surface area (Å²) in [6, 6.07) is 13.2. The largest absolute Gasteiger partial charge is 0.465 e. The minimum Gasteiger partial charge on any atom is -0.465 e. The number of nitro groups is 1. The Kier molecular flexibility index (Phi) is 6.80. The average Bonchev–Trinajstić information content (AvgIpc) is 3.28. The van der Waals surface area contributed by atoms with Gasteiger partial charge >= 0.3 is 5.97 Å². The van der Waals surface area contributed by atoms with Crippen LogP contribution in [0.1, 0.15) is 38.4 Å². The summed E-state index contributed by atoms with van der Waals surface area (Å²) < 4.78 is 6.87. The van der Waals surface area contributed by atoms with E-state index in [4.69, 9.17) is 4.74 Å². The lowest BCUT2D eigenvalue weighted by Crippen LogP contribution is -2.27. The Bertz CT molecular complexity index is 1460. The number of rotatable bonds is 6. The van der Waals surface area contributed by atoms with Gasteiger partial charge in [-0.05, 0) is 73.5 Å². The number of benzene rings is 2. The van der Waals surface area contributed by atoms with Crippen LogP contribution in [0.2, 0.25) is 0 Å². The summed E-state index contributed by atoms with van der Waals surface area (Å²) in [6.45, 7) is 5.61. The third kappa shape index (κ3) is 4.55. The van der Waals surface area contributed by atoms with Gasteiger partial charge in [0, 0.05) is 29.2 Å². The van der Waals surface area contributed by atoms with Gasteiger partial charge in [-0.25, -0.2) is 4.79 Å². The van der Waals surface area contributed by atoms with Gasteiger partial charge in [0.25, 0.3) is 16.8 Å². The second kappa shape index (κ2) is 9.82. The maximum absolute atomic E-state index is 13.0. The molecule has 0 aliphatic carbocycles. The normalized spacial score (nSPS) is 14.6. The molecule has 3 aromatic rings. The molecule has 2 amide bonds. The van der Waals surface area contributed by atoms with Gasteiger partial charge < -0.3 is 9.30 Å². The zero-order chi connectivity index (χ0) is 26.1. The number of amides is 2. The Balaban J connectivity index is 1.65. The van der Waals surface area contributed by atoms with Crippen molar-refractivity contribution in [3.63, 3.8) is 0 Å². The molecular weight excluding hydrogens is 482 g/mol. The van der Waals surface area contributed by atoms with Crippen LogP contribution in [0.25, 0.3) is 11.8 Å². The first-order chi connectivity index (χ1) is 17.1. The molecule has 0 atom stereocenters. The first kappa shape index (κ1) is 24.9. The molecule has 1 aliphatic rings. The van der Waals surface area contributed by atoms with E-state index in [0.717, 1.165) is 44.9 Å². The Labute approximate surface area is 211 Å². The average molecular weight is 506 g/mol. The number of nitro benzene ring substituents is 1. The molecule has 10 heteroatoms. The molecule has 0 unspecified atom stereocenters. The molecule has 4 rings (SSSR count). The molecule has 2 aromatic carbocycles. The Morgan fingerprint density at radius 3 is 2.53 bits per heavy atom.